The minimum Gasteiger partial charge on any atom is -0.447 e. The van der Waals surface area contributed by atoms with Gasteiger partial charge in [0, 0.05) is 19.1 Å². The van der Waals surface area contributed by atoms with Crippen molar-refractivity contribution in [2.45, 2.75) is 39.3 Å². The van der Waals surface area contributed by atoms with Crippen molar-refractivity contribution >= 4 is 6.09 Å². The van der Waals surface area contributed by atoms with Gasteiger partial charge in [0.25, 0.3) is 0 Å². The van der Waals surface area contributed by atoms with Crippen LogP contribution in [0, 0.1) is 0 Å². The summed E-state index contributed by atoms with van der Waals surface area (Å²) in [7, 11) is 2.09. The molecule has 0 radical (unpaired) electrons. The zero-order chi connectivity index (χ0) is 11.4. The fraction of sp³-hybridized carbons (Fsp3) is 0.909. The molecule has 0 aromatic heterocycles. The van der Waals surface area contributed by atoms with E-state index in [-0.39, 0.29) is 18.2 Å². The van der Waals surface area contributed by atoms with Crippen LogP contribution in [0.5, 0.6) is 0 Å². The Kier molecular flexibility index (Phi) is 4.39. The largest absolute Gasteiger partial charge is 0.447 e. The molecule has 1 aliphatic heterocycles. The van der Waals surface area contributed by atoms with Crippen molar-refractivity contribution in [3.8, 4) is 0 Å². The molecular weight excluding hydrogens is 192 g/mol. The third kappa shape index (κ3) is 3.70. The highest BCUT2D eigenvalue weighted by Gasteiger charge is 2.25. The topological polar surface area (TPSA) is 32.8 Å². The molecule has 88 valence electrons. The Bertz CT molecular complexity index is 219. The van der Waals surface area contributed by atoms with E-state index < -0.39 is 0 Å². The van der Waals surface area contributed by atoms with Crippen LogP contribution < -0.4 is 0 Å². The van der Waals surface area contributed by atoms with Crippen molar-refractivity contribution in [1.82, 2.24) is 9.80 Å². The summed E-state index contributed by atoms with van der Waals surface area (Å²) in [6, 6.07) is 0.240. The number of carbonyl (C=O) groups is 1. The maximum atomic E-state index is 11.8. The summed E-state index contributed by atoms with van der Waals surface area (Å²) in [5.74, 6) is 0. The fourth-order valence-electron chi connectivity index (χ4n) is 1.91. The van der Waals surface area contributed by atoms with Gasteiger partial charge in [-0.05, 0) is 40.8 Å². The lowest BCUT2D eigenvalue weighted by Gasteiger charge is -2.27. The maximum absolute atomic E-state index is 11.8. The van der Waals surface area contributed by atoms with Crippen LogP contribution in [0.3, 0.4) is 0 Å². The molecule has 1 rings (SSSR count). The lowest BCUT2D eigenvalue weighted by molar-refractivity contribution is 0.0663. The molecule has 0 spiro atoms. The first-order chi connectivity index (χ1) is 7.00. The number of hydrogen-bond acceptors (Lipinski definition) is 3. The molecular formula is C11H22N2O2. The minimum atomic E-state index is -0.173. The summed E-state index contributed by atoms with van der Waals surface area (Å²) in [6.07, 6.45) is 0.812. The van der Waals surface area contributed by atoms with Gasteiger partial charge in [-0.15, -0.1) is 0 Å². The summed E-state index contributed by atoms with van der Waals surface area (Å²) in [5, 5.41) is 0. The lowest BCUT2D eigenvalue weighted by Crippen LogP contribution is -2.42. The Morgan fingerprint density at radius 2 is 2.07 bits per heavy atom. The summed E-state index contributed by atoms with van der Waals surface area (Å²) < 4.78 is 5.22. The molecule has 1 aliphatic rings. The van der Waals surface area contributed by atoms with Crippen LogP contribution in [-0.4, -0.2) is 54.7 Å². The molecule has 1 unspecified atom stereocenters. The van der Waals surface area contributed by atoms with Crippen LogP contribution >= 0.6 is 0 Å². The van der Waals surface area contributed by atoms with Gasteiger partial charge < -0.3 is 14.5 Å². The molecule has 1 amide bonds. The number of rotatable bonds is 1. The first-order valence-corrected chi connectivity index (χ1v) is 5.66. The van der Waals surface area contributed by atoms with E-state index in [1.807, 2.05) is 18.7 Å². The van der Waals surface area contributed by atoms with E-state index >= 15 is 0 Å². The average Bonchev–Trinajstić information content (AvgIpc) is 2.25. The average molecular weight is 214 g/mol. The predicted octanol–water partition coefficient (Wildman–Crippen LogP) is 1.56. The van der Waals surface area contributed by atoms with Crippen LogP contribution in [0.25, 0.3) is 0 Å². The van der Waals surface area contributed by atoms with Crippen molar-refractivity contribution in [2.24, 2.45) is 0 Å². The zero-order valence-electron chi connectivity index (χ0n) is 10.2. The minimum absolute atomic E-state index is 0.0364. The molecule has 4 heteroatoms. The Labute approximate surface area is 92.2 Å². The lowest BCUT2D eigenvalue weighted by atomic mass is 10.3. The third-order valence-corrected chi connectivity index (χ3v) is 2.62. The van der Waals surface area contributed by atoms with E-state index in [0.717, 1.165) is 26.1 Å². The fourth-order valence-corrected chi connectivity index (χ4v) is 1.91. The molecule has 1 atom stereocenters. The van der Waals surface area contributed by atoms with Gasteiger partial charge in [-0.1, -0.05) is 0 Å². The third-order valence-electron chi connectivity index (χ3n) is 2.62. The number of nitrogens with zero attached hydrogens (tertiary/aromatic N) is 2. The SMILES string of the molecule is CC(C)OC(=O)N1CCCN(C)CC1C. The number of ether oxygens (including phenoxy) is 1. The van der Waals surface area contributed by atoms with Crippen LogP contribution in [-0.2, 0) is 4.74 Å². The van der Waals surface area contributed by atoms with Crippen molar-refractivity contribution in [3.63, 3.8) is 0 Å². The van der Waals surface area contributed by atoms with E-state index in [1.165, 1.54) is 0 Å². The molecule has 0 aliphatic carbocycles. The number of amides is 1. The molecule has 15 heavy (non-hydrogen) atoms. The highest BCUT2D eigenvalue weighted by molar-refractivity contribution is 5.68. The van der Waals surface area contributed by atoms with Gasteiger partial charge in [-0.3, -0.25) is 0 Å². The molecule has 0 N–H and O–H groups in total. The summed E-state index contributed by atoms with van der Waals surface area (Å²) in [5.41, 5.74) is 0. The number of likely N-dealkylation sites (N-methyl/N-ethyl adjacent to an activating group) is 1. The van der Waals surface area contributed by atoms with E-state index in [4.69, 9.17) is 4.74 Å². The van der Waals surface area contributed by atoms with Crippen molar-refractivity contribution in [3.05, 3.63) is 0 Å². The van der Waals surface area contributed by atoms with Crippen molar-refractivity contribution in [1.29, 1.82) is 0 Å². The van der Waals surface area contributed by atoms with Gasteiger partial charge in [-0.2, -0.15) is 0 Å². The second kappa shape index (κ2) is 5.35. The number of carbonyl (C=O) groups excluding carboxylic acids is 1. The quantitative estimate of drug-likeness (QED) is 0.664. The summed E-state index contributed by atoms with van der Waals surface area (Å²) in [4.78, 5) is 15.9. The Morgan fingerprint density at radius 3 is 2.67 bits per heavy atom. The highest BCUT2D eigenvalue weighted by atomic mass is 16.6. The summed E-state index contributed by atoms with van der Waals surface area (Å²) >= 11 is 0. The second-order valence-electron chi connectivity index (χ2n) is 4.59. The molecule has 1 fully saturated rings. The van der Waals surface area contributed by atoms with Gasteiger partial charge in [0.15, 0.2) is 0 Å². The monoisotopic (exact) mass is 214 g/mol. The molecule has 0 aromatic carbocycles. The highest BCUT2D eigenvalue weighted by Crippen LogP contribution is 2.10. The smallest absolute Gasteiger partial charge is 0.410 e. The predicted molar refractivity (Wildman–Crippen MR) is 59.9 cm³/mol. The second-order valence-corrected chi connectivity index (χ2v) is 4.59. The first-order valence-electron chi connectivity index (χ1n) is 5.66. The Morgan fingerprint density at radius 1 is 1.40 bits per heavy atom. The van der Waals surface area contributed by atoms with E-state index in [1.54, 1.807) is 0 Å². The maximum Gasteiger partial charge on any atom is 0.410 e. The normalized spacial score (nSPS) is 24.1. The molecule has 0 bridgehead atoms. The van der Waals surface area contributed by atoms with Crippen LogP contribution in [0.2, 0.25) is 0 Å². The Hall–Kier alpha value is -0.770. The van der Waals surface area contributed by atoms with Crippen LogP contribution in [0.4, 0.5) is 4.79 Å². The van der Waals surface area contributed by atoms with Gasteiger partial charge in [0.2, 0.25) is 0 Å². The van der Waals surface area contributed by atoms with Gasteiger partial charge >= 0.3 is 6.09 Å². The van der Waals surface area contributed by atoms with E-state index in [0.29, 0.717) is 0 Å². The van der Waals surface area contributed by atoms with Gasteiger partial charge in [0.1, 0.15) is 0 Å². The van der Waals surface area contributed by atoms with Gasteiger partial charge in [-0.25, -0.2) is 4.79 Å². The molecule has 1 saturated heterocycles. The first kappa shape index (κ1) is 12.3. The van der Waals surface area contributed by atoms with Gasteiger partial charge in [0.05, 0.1) is 6.10 Å². The molecule has 0 aromatic rings. The molecule has 1 heterocycles. The zero-order valence-corrected chi connectivity index (χ0v) is 10.2. The molecule has 4 nitrogen and oxygen atoms in total. The number of hydrogen-bond donors (Lipinski definition) is 0. The Balaban J connectivity index is 2.55. The molecule has 0 saturated carbocycles. The summed E-state index contributed by atoms with van der Waals surface area (Å²) in [6.45, 7) is 8.61. The van der Waals surface area contributed by atoms with E-state index in [9.17, 15) is 4.79 Å². The van der Waals surface area contributed by atoms with Crippen LogP contribution in [0.15, 0.2) is 0 Å². The van der Waals surface area contributed by atoms with Crippen molar-refractivity contribution in [2.75, 3.05) is 26.7 Å². The standard InChI is InChI=1S/C11H22N2O2/c1-9(2)15-11(14)13-7-5-6-12(4)8-10(13)3/h9-10H,5-8H2,1-4H3. The van der Waals surface area contributed by atoms with E-state index in [2.05, 4.69) is 18.9 Å². The van der Waals surface area contributed by atoms with Crippen molar-refractivity contribution < 1.29 is 9.53 Å². The van der Waals surface area contributed by atoms with Crippen LogP contribution in [0.1, 0.15) is 27.2 Å².